The van der Waals surface area contributed by atoms with E-state index in [1.54, 1.807) is 6.92 Å². The number of para-hydroxylation sites is 3. The van der Waals surface area contributed by atoms with Crippen LogP contribution in [0.1, 0.15) is 6.92 Å². The maximum Gasteiger partial charge on any atom is 0.250 e. The van der Waals surface area contributed by atoms with Crippen molar-refractivity contribution in [3.05, 3.63) is 194 Å². The average molecular weight is 663 g/mol. The van der Waals surface area contributed by atoms with Crippen LogP contribution in [0.3, 0.4) is 0 Å². The molecule has 0 bridgehead atoms. The molecule has 0 aliphatic heterocycles. The molecule has 0 saturated carbocycles. The van der Waals surface area contributed by atoms with Gasteiger partial charge in [-0.3, -0.25) is 4.79 Å². The van der Waals surface area contributed by atoms with Crippen molar-refractivity contribution in [1.82, 2.24) is 0 Å². The lowest BCUT2D eigenvalue weighted by Gasteiger charge is -2.26. The Morgan fingerprint density at radius 1 is 0.471 bits per heavy atom. The summed E-state index contributed by atoms with van der Waals surface area (Å²) >= 11 is 0. The van der Waals surface area contributed by atoms with Gasteiger partial charge in [-0.05, 0) is 115 Å². The van der Waals surface area contributed by atoms with Gasteiger partial charge in [-0.15, -0.1) is 0 Å². The molecule has 7 rings (SSSR count). The van der Waals surface area contributed by atoms with Gasteiger partial charge >= 0.3 is 0 Å². The van der Waals surface area contributed by atoms with Gasteiger partial charge in [0.1, 0.15) is 0 Å². The van der Waals surface area contributed by atoms with Gasteiger partial charge < -0.3 is 20.9 Å². The number of amides is 1. The van der Waals surface area contributed by atoms with Crippen LogP contribution in [0.5, 0.6) is 0 Å². The Balaban J connectivity index is 1.20. The highest BCUT2D eigenvalue weighted by Crippen LogP contribution is 2.39. The quantitative estimate of drug-likeness (QED) is 0.121. The predicted molar refractivity (Wildman–Crippen MR) is 215 cm³/mol. The van der Waals surface area contributed by atoms with E-state index in [0.29, 0.717) is 5.57 Å². The monoisotopic (exact) mass is 662 g/mol. The van der Waals surface area contributed by atoms with Crippen molar-refractivity contribution < 1.29 is 4.79 Å². The van der Waals surface area contributed by atoms with E-state index >= 15 is 0 Å². The predicted octanol–water partition coefficient (Wildman–Crippen LogP) is 12.5. The van der Waals surface area contributed by atoms with Crippen molar-refractivity contribution in [1.29, 1.82) is 0 Å². The summed E-state index contributed by atoms with van der Waals surface area (Å²) in [7, 11) is 0. The van der Waals surface area contributed by atoms with Crippen molar-refractivity contribution in [3.8, 4) is 22.3 Å². The summed E-state index contributed by atoms with van der Waals surface area (Å²) in [5.74, 6) is -0.193. The van der Waals surface area contributed by atoms with E-state index in [-0.39, 0.29) is 5.91 Å². The number of nitrogens with zero attached hydrogens (tertiary/aromatic N) is 1. The minimum atomic E-state index is -0.193. The van der Waals surface area contributed by atoms with Crippen molar-refractivity contribution in [2.75, 3.05) is 20.9 Å². The summed E-state index contributed by atoms with van der Waals surface area (Å²) in [4.78, 5) is 14.4. The molecular formula is C46H38N4O. The second-order valence-corrected chi connectivity index (χ2v) is 12.3. The molecule has 5 nitrogen and oxygen atoms in total. The normalized spacial score (nSPS) is 10.6. The van der Waals surface area contributed by atoms with Crippen LogP contribution >= 0.6 is 0 Å². The number of nitrogens with one attached hydrogen (secondary N) is 3. The lowest BCUT2D eigenvalue weighted by molar-refractivity contribution is -0.112. The van der Waals surface area contributed by atoms with Crippen molar-refractivity contribution in [2.45, 2.75) is 6.92 Å². The number of rotatable bonds is 11. The number of carbonyl (C=O) groups is 1. The summed E-state index contributed by atoms with van der Waals surface area (Å²) in [5, 5.41) is 10.0. The summed E-state index contributed by atoms with van der Waals surface area (Å²) in [6.07, 6.45) is 0. The summed E-state index contributed by atoms with van der Waals surface area (Å²) in [6.45, 7) is 5.44. The van der Waals surface area contributed by atoms with Crippen LogP contribution in [0, 0.1) is 0 Å². The summed E-state index contributed by atoms with van der Waals surface area (Å²) < 4.78 is 0. The summed E-state index contributed by atoms with van der Waals surface area (Å²) in [5.41, 5.74) is 12.8. The van der Waals surface area contributed by atoms with Crippen molar-refractivity contribution in [3.63, 3.8) is 0 Å². The van der Waals surface area contributed by atoms with Crippen LogP contribution < -0.4 is 20.9 Å². The van der Waals surface area contributed by atoms with Crippen molar-refractivity contribution in [2.24, 2.45) is 0 Å². The Morgan fingerprint density at radius 2 is 0.922 bits per heavy atom. The van der Waals surface area contributed by atoms with Crippen LogP contribution in [0.4, 0.5) is 45.5 Å². The van der Waals surface area contributed by atoms with Crippen LogP contribution in [0.2, 0.25) is 0 Å². The molecule has 3 N–H and O–H groups in total. The Kier molecular flexibility index (Phi) is 9.71. The molecule has 5 heteroatoms. The molecule has 0 radical (unpaired) electrons. The highest BCUT2D eigenvalue weighted by atomic mass is 16.1. The second kappa shape index (κ2) is 15.1. The fraction of sp³-hybridized carbons (Fsp3) is 0.0217. The third-order valence-corrected chi connectivity index (χ3v) is 8.57. The Bertz CT molecular complexity index is 2230. The summed E-state index contributed by atoms with van der Waals surface area (Å²) in [6, 6.07) is 62.4. The van der Waals surface area contributed by atoms with Crippen LogP contribution in [0.25, 0.3) is 22.3 Å². The SMILES string of the molecule is C=C(C)C(=O)Nc1ccc(N(c2ccccc2)c2ccc(-c3ccc(-c4ccc(Nc5ccccc5)cc4)cc3Nc3ccccc3)cc2)cc1. The van der Waals surface area contributed by atoms with E-state index in [4.69, 9.17) is 0 Å². The minimum absolute atomic E-state index is 0.193. The van der Waals surface area contributed by atoms with Gasteiger partial charge in [0, 0.05) is 56.6 Å². The fourth-order valence-electron chi connectivity index (χ4n) is 5.94. The van der Waals surface area contributed by atoms with Gasteiger partial charge in [0.15, 0.2) is 0 Å². The largest absolute Gasteiger partial charge is 0.356 e. The first-order valence-corrected chi connectivity index (χ1v) is 16.9. The first kappa shape index (κ1) is 32.7. The molecule has 7 aromatic carbocycles. The molecule has 0 aliphatic rings. The first-order valence-electron chi connectivity index (χ1n) is 16.9. The average Bonchev–Trinajstić information content (AvgIpc) is 3.17. The molecular weight excluding hydrogens is 625 g/mol. The van der Waals surface area contributed by atoms with Crippen LogP contribution in [-0.2, 0) is 4.79 Å². The van der Waals surface area contributed by atoms with E-state index in [1.807, 2.05) is 78.9 Å². The molecule has 0 spiro atoms. The number of carbonyl (C=O) groups excluding carboxylic acids is 1. The number of benzene rings is 7. The van der Waals surface area contributed by atoms with Gasteiger partial charge in [-0.25, -0.2) is 0 Å². The third-order valence-electron chi connectivity index (χ3n) is 8.57. The molecule has 0 heterocycles. The minimum Gasteiger partial charge on any atom is -0.356 e. The highest BCUT2D eigenvalue weighted by molar-refractivity contribution is 6.03. The molecule has 0 unspecified atom stereocenters. The molecule has 0 aromatic heterocycles. The van der Waals surface area contributed by atoms with E-state index in [2.05, 4.69) is 131 Å². The Labute approximate surface area is 299 Å². The fourth-order valence-corrected chi connectivity index (χ4v) is 5.94. The van der Waals surface area contributed by atoms with Crippen molar-refractivity contribution >= 4 is 51.4 Å². The van der Waals surface area contributed by atoms with Gasteiger partial charge in [-0.2, -0.15) is 0 Å². The molecule has 0 aliphatic carbocycles. The van der Waals surface area contributed by atoms with E-state index < -0.39 is 0 Å². The van der Waals surface area contributed by atoms with Gasteiger partial charge in [0.25, 0.3) is 5.91 Å². The zero-order valence-electron chi connectivity index (χ0n) is 28.4. The Morgan fingerprint density at radius 3 is 1.51 bits per heavy atom. The molecule has 0 atom stereocenters. The maximum atomic E-state index is 12.2. The third kappa shape index (κ3) is 7.90. The maximum absolute atomic E-state index is 12.2. The highest BCUT2D eigenvalue weighted by Gasteiger charge is 2.15. The Hall–Kier alpha value is -6.85. The molecule has 51 heavy (non-hydrogen) atoms. The molecule has 0 fully saturated rings. The smallest absolute Gasteiger partial charge is 0.250 e. The van der Waals surface area contributed by atoms with E-state index in [1.165, 1.54) is 0 Å². The van der Waals surface area contributed by atoms with E-state index in [9.17, 15) is 4.79 Å². The van der Waals surface area contributed by atoms with Crippen LogP contribution in [-0.4, -0.2) is 5.91 Å². The number of hydrogen-bond acceptors (Lipinski definition) is 4. The molecule has 7 aromatic rings. The standard InChI is InChI=1S/C46H38N4O/c1-33(2)46(51)49-40-25-29-43(30-26-40)50(41-16-10-5-11-17-41)42-27-20-35(21-28-42)44-31-22-36(32-45(44)48-38-14-8-4-9-15-38)34-18-23-39(24-19-34)47-37-12-6-3-7-13-37/h3-32,47-48H,1H2,2H3,(H,49,51). The molecule has 1 amide bonds. The second-order valence-electron chi connectivity index (χ2n) is 12.3. The molecule has 248 valence electrons. The molecule has 0 saturated heterocycles. The van der Waals surface area contributed by atoms with Gasteiger partial charge in [-0.1, -0.05) is 97.6 Å². The topological polar surface area (TPSA) is 56.4 Å². The van der Waals surface area contributed by atoms with Crippen LogP contribution in [0.15, 0.2) is 194 Å². The van der Waals surface area contributed by atoms with Gasteiger partial charge in [0.2, 0.25) is 0 Å². The lowest BCUT2D eigenvalue weighted by Crippen LogP contribution is -2.12. The number of anilines is 8. The zero-order valence-corrected chi connectivity index (χ0v) is 28.4. The number of hydrogen-bond donors (Lipinski definition) is 3. The van der Waals surface area contributed by atoms with Gasteiger partial charge in [0.05, 0.1) is 0 Å². The lowest BCUT2D eigenvalue weighted by atomic mass is 9.97. The zero-order chi connectivity index (χ0) is 35.0. The first-order chi connectivity index (χ1) is 25.0. The van der Waals surface area contributed by atoms with E-state index in [0.717, 1.165) is 67.8 Å².